The van der Waals surface area contributed by atoms with E-state index in [9.17, 15) is 14.3 Å². The number of aliphatic hydroxyl groups excluding tert-OH is 1. The first-order chi connectivity index (χ1) is 12.0. The molecular weight excluding hydrogens is 317 g/mol. The van der Waals surface area contributed by atoms with Crippen molar-refractivity contribution in [2.75, 3.05) is 0 Å². The van der Waals surface area contributed by atoms with Gasteiger partial charge in [-0.2, -0.15) is 0 Å². The summed E-state index contributed by atoms with van der Waals surface area (Å²) in [7, 11) is 0. The molecule has 2 atom stereocenters. The third-order valence-electron chi connectivity index (χ3n) is 4.39. The van der Waals surface area contributed by atoms with Crippen LogP contribution >= 0.6 is 0 Å². The zero-order chi connectivity index (χ0) is 17.8. The Kier molecular flexibility index (Phi) is 4.98. The van der Waals surface area contributed by atoms with E-state index in [1.54, 1.807) is 0 Å². The van der Waals surface area contributed by atoms with Crippen LogP contribution in [-0.2, 0) is 11.2 Å². The second kappa shape index (κ2) is 7.34. The van der Waals surface area contributed by atoms with Crippen molar-refractivity contribution >= 4 is 5.91 Å². The number of halogens is 1. The monoisotopic (exact) mass is 337 g/mol. The molecule has 3 rings (SSSR count). The zero-order valence-electron chi connectivity index (χ0n) is 13.7. The van der Waals surface area contributed by atoms with E-state index in [2.05, 4.69) is 0 Å². The van der Waals surface area contributed by atoms with E-state index < -0.39 is 18.0 Å². The topological polar surface area (TPSA) is 63.3 Å². The number of alkyl halides is 1. The summed E-state index contributed by atoms with van der Waals surface area (Å²) in [5.41, 5.74) is 8.97. The molecule has 0 radical (unpaired) electrons. The summed E-state index contributed by atoms with van der Waals surface area (Å²) >= 11 is 0. The molecule has 0 spiro atoms. The Bertz CT molecular complexity index is 827. The van der Waals surface area contributed by atoms with Crippen molar-refractivity contribution in [3.8, 4) is 11.1 Å². The Balaban J connectivity index is 2.02. The van der Waals surface area contributed by atoms with Crippen LogP contribution in [-0.4, -0.2) is 17.2 Å². The van der Waals surface area contributed by atoms with Gasteiger partial charge in [-0.25, -0.2) is 4.39 Å². The fourth-order valence-electron chi connectivity index (χ4n) is 3.12. The molecule has 0 heterocycles. The van der Waals surface area contributed by atoms with Crippen LogP contribution in [0.2, 0.25) is 0 Å². The molecule has 1 aliphatic rings. The predicted octanol–water partition coefficient (Wildman–Crippen LogP) is 4.20. The van der Waals surface area contributed by atoms with E-state index in [0.29, 0.717) is 6.42 Å². The molecule has 4 heteroatoms. The van der Waals surface area contributed by atoms with Crippen LogP contribution < -0.4 is 5.73 Å². The number of benzene rings is 2. The van der Waals surface area contributed by atoms with Gasteiger partial charge in [-0.15, -0.1) is 0 Å². The molecule has 3 N–H and O–H groups in total. The van der Waals surface area contributed by atoms with Crippen molar-refractivity contribution in [3.63, 3.8) is 0 Å². The lowest BCUT2D eigenvalue weighted by molar-refractivity contribution is -0.117. The molecule has 0 saturated heterocycles. The molecule has 0 aromatic heterocycles. The van der Waals surface area contributed by atoms with Gasteiger partial charge in [0.25, 0.3) is 0 Å². The Labute approximate surface area is 146 Å². The highest BCUT2D eigenvalue weighted by atomic mass is 19.1. The van der Waals surface area contributed by atoms with Crippen LogP contribution in [0.5, 0.6) is 0 Å². The minimum Gasteiger partial charge on any atom is -0.508 e. The van der Waals surface area contributed by atoms with Crippen LogP contribution in [0.25, 0.3) is 11.1 Å². The average molecular weight is 337 g/mol. The van der Waals surface area contributed by atoms with Gasteiger partial charge in [0.1, 0.15) is 11.9 Å². The van der Waals surface area contributed by atoms with Gasteiger partial charge in [-0.3, -0.25) is 4.79 Å². The van der Waals surface area contributed by atoms with Gasteiger partial charge >= 0.3 is 0 Å². The summed E-state index contributed by atoms with van der Waals surface area (Å²) in [5, 5.41) is 9.73. The Morgan fingerprint density at radius 3 is 2.60 bits per heavy atom. The molecule has 1 aliphatic carbocycles. The number of primary amides is 1. The molecule has 3 nitrogen and oxygen atoms in total. The summed E-state index contributed by atoms with van der Waals surface area (Å²) in [6.45, 7) is 0. The van der Waals surface area contributed by atoms with Gasteiger partial charge in [-0.1, -0.05) is 48.5 Å². The van der Waals surface area contributed by atoms with Gasteiger partial charge in [-0.05, 0) is 46.9 Å². The fraction of sp³-hybridized carbons (Fsp3) is 0.190. The van der Waals surface area contributed by atoms with Crippen molar-refractivity contribution in [2.45, 2.75) is 24.9 Å². The Morgan fingerprint density at radius 2 is 1.88 bits per heavy atom. The molecule has 25 heavy (non-hydrogen) atoms. The fourth-order valence-corrected chi connectivity index (χ4v) is 3.12. The number of amides is 1. The highest BCUT2D eigenvalue weighted by Crippen LogP contribution is 2.34. The van der Waals surface area contributed by atoms with Crippen LogP contribution in [0.15, 0.2) is 72.5 Å². The summed E-state index contributed by atoms with van der Waals surface area (Å²) in [5.74, 6) is -0.917. The molecule has 0 aliphatic heterocycles. The van der Waals surface area contributed by atoms with Crippen molar-refractivity contribution in [1.82, 2.24) is 0 Å². The molecule has 0 fully saturated rings. The molecule has 2 aromatic carbocycles. The number of carbonyl (C=O) groups is 1. The normalized spacial score (nSPS) is 19.5. The number of allylic oxidation sites excluding steroid dienone is 3. The molecule has 1 amide bonds. The van der Waals surface area contributed by atoms with E-state index >= 15 is 0 Å². The summed E-state index contributed by atoms with van der Waals surface area (Å²) in [4.78, 5) is 11.2. The van der Waals surface area contributed by atoms with Crippen molar-refractivity contribution in [3.05, 3.63) is 83.6 Å². The van der Waals surface area contributed by atoms with Gasteiger partial charge in [0.15, 0.2) is 0 Å². The Morgan fingerprint density at radius 1 is 1.12 bits per heavy atom. The first-order valence-electron chi connectivity index (χ1n) is 8.24. The predicted molar refractivity (Wildman–Crippen MR) is 96.9 cm³/mol. The number of aliphatic hydroxyl groups is 1. The number of nitrogens with two attached hydrogens (primary N) is 1. The summed E-state index contributed by atoms with van der Waals surface area (Å²) in [6, 6.07) is 15.6. The maximum Gasteiger partial charge on any atom is 0.217 e. The highest BCUT2D eigenvalue weighted by molar-refractivity contribution is 5.74. The van der Waals surface area contributed by atoms with Gasteiger partial charge < -0.3 is 10.8 Å². The number of hydrogen-bond acceptors (Lipinski definition) is 2. The standard InChI is InChI=1S/C21H20FNO2/c22-20-10-8-17(24)13-19(20)18-9-6-15(14-4-2-1-3-5-14)12-16(18)7-11-21(23)25/h1-6,8-10,12-13,19-20,24H,7,11H2,(H2,23,25). The first kappa shape index (κ1) is 17.0. The van der Waals surface area contributed by atoms with Gasteiger partial charge in [0.05, 0.1) is 0 Å². The molecule has 2 unspecified atom stereocenters. The first-order valence-corrected chi connectivity index (χ1v) is 8.24. The minimum absolute atomic E-state index is 0.0480. The van der Waals surface area contributed by atoms with Crippen LogP contribution in [0.3, 0.4) is 0 Å². The minimum atomic E-state index is -1.22. The zero-order valence-corrected chi connectivity index (χ0v) is 13.7. The second-order valence-corrected chi connectivity index (χ2v) is 6.17. The van der Waals surface area contributed by atoms with E-state index in [1.165, 1.54) is 18.2 Å². The quantitative estimate of drug-likeness (QED) is 0.858. The van der Waals surface area contributed by atoms with E-state index in [-0.39, 0.29) is 12.2 Å². The third-order valence-corrected chi connectivity index (χ3v) is 4.39. The smallest absolute Gasteiger partial charge is 0.217 e. The van der Waals surface area contributed by atoms with Crippen LogP contribution in [0, 0.1) is 0 Å². The van der Waals surface area contributed by atoms with Crippen LogP contribution in [0.1, 0.15) is 23.5 Å². The van der Waals surface area contributed by atoms with E-state index in [0.717, 1.165) is 22.3 Å². The third kappa shape index (κ3) is 3.97. The molecule has 0 bridgehead atoms. The molecule has 0 saturated carbocycles. The van der Waals surface area contributed by atoms with E-state index in [4.69, 9.17) is 5.73 Å². The number of hydrogen-bond donors (Lipinski definition) is 2. The van der Waals surface area contributed by atoms with Crippen LogP contribution in [0.4, 0.5) is 4.39 Å². The lowest BCUT2D eigenvalue weighted by Crippen LogP contribution is -2.17. The number of carbonyl (C=O) groups excluding carboxylic acids is 1. The van der Waals surface area contributed by atoms with E-state index in [1.807, 2.05) is 48.5 Å². The van der Waals surface area contributed by atoms with Crippen molar-refractivity contribution < 1.29 is 14.3 Å². The summed E-state index contributed by atoms with van der Waals surface area (Å²) < 4.78 is 14.4. The lowest BCUT2D eigenvalue weighted by Gasteiger charge is -2.22. The highest BCUT2D eigenvalue weighted by Gasteiger charge is 2.25. The van der Waals surface area contributed by atoms with Gasteiger partial charge in [0, 0.05) is 12.3 Å². The summed E-state index contributed by atoms with van der Waals surface area (Å²) in [6.07, 6.45) is 3.64. The lowest BCUT2D eigenvalue weighted by atomic mass is 9.84. The maximum atomic E-state index is 14.4. The van der Waals surface area contributed by atoms with Gasteiger partial charge in [0.2, 0.25) is 5.91 Å². The van der Waals surface area contributed by atoms with Crippen molar-refractivity contribution in [2.24, 2.45) is 5.73 Å². The Hall–Kier alpha value is -2.88. The largest absolute Gasteiger partial charge is 0.508 e. The van der Waals surface area contributed by atoms with Crippen molar-refractivity contribution in [1.29, 1.82) is 0 Å². The SMILES string of the molecule is NC(=O)CCc1cc(-c2ccccc2)ccc1C1C=C(O)C=CC1F. The second-order valence-electron chi connectivity index (χ2n) is 6.17. The molecular formula is C21H20FNO2. The number of rotatable bonds is 5. The average Bonchev–Trinajstić information content (AvgIpc) is 2.62. The molecule has 2 aromatic rings. The number of aryl methyl sites for hydroxylation is 1. The molecule has 128 valence electrons. The maximum absolute atomic E-state index is 14.4.